The van der Waals surface area contributed by atoms with Crippen molar-refractivity contribution in [2.45, 2.75) is 69.1 Å². The molecule has 6 aromatic carbocycles. The molecule has 11 heteroatoms. The van der Waals surface area contributed by atoms with Crippen LogP contribution in [0, 0.1) is 0 Å². The molecule has 10 nitrogen and oxygen atoms in total. The van der Waals surface area contributed by atoms with Crippen LogP contribution < -0.4 is 15.4 Å². The molecule has 334 valence electrons. The van der Waals surface area contributed by atoms with Gasteiger partial charge in [0.2, 0.25) is 5.91 Å². The van der Waals surface area contributed by atoms with Crippen molar-refractivity contribution in [2.24, 2.45) is 0 Å². The maximum Gasteiger partial charge on any atom is 0.407 e. The number of carbonyl (C=O) groups excluding carboxylic acids is 4. The predicted molar refractivity (Wildman–Crippen MR) is 253 cm³/mol. The van der Waals surface area contributed by atoms with E-state index in [9.17, 15) is 19.2 Å². The van der Waals surface area contributed by atoms with Crippen molar-refractivity contribution < 1.29 is 38.1 Å². The molecule has 0 saturated carbocycles. The molecule has 2 amide bonds. The van der Waals surface area contributed by atoms with E-state index in [1.54, 1.807) is 45.0 Å². The number of carbonyl (C=O) groups is 4. The highest BCUT2D eigenvalue weighted by molar-refractivity contribution is 8.00. The zero-order chi connectivity index (χ0) is 45.8. The molecule has 0 heterocycles. The molecule has 1 aliphatic carbocycles. The van der Waals surface area contributed by atoms with Crippen LogP contribution in [0.5, 0.6) is 5.75 Å². The van der Waals surface area contributed by atoms with Crippen molar-refractivity contribution in [3.63, 3.8) is 0 Å². The average molecular weight is 891 g/mol. The molecule has 0 aromatic heterocycles. The first kappa shape index (κ1) is 46.2. The van der Waals surface area contributed by atoms with Crippen LogP contribution in [0.15, 0.2) is 164 Å². The Morgan fingerprint density at radius 3 is 1.63 bits per heavy atom. The number of esters is 2. The molecule has 2 atom stereocenters. The maximum atomic E-state index is 14.6. The van der Waals surface area contributed by atoms with E-state index in [1.165, 1.54) is 11.8 Å². The molecule has 0 aliphatic heterocycles. The van der Waals surface area contributed by atoms with E-state index in [-0.39, 0.29) is 24.9 Å². The highest BCUT2D eigenvalue weighted by Crippen LogP contribution is 2.49. The number of ether oxygens (including phenoxy) is 4. The molecule has 6 aromatic rings. The highest BCUT2D eigenvalue weighted by atomic mass is 32.2. The lowest BCUT2D eigenvalue weighted by Gasteiger charge is -2.36. The summed E-state index contributed by atoms with van der Waals surface area (Å²) in [5.41, 5.74) is 6.87. The van der Waals surface area contributed by atoms with Crippen molar-refractivity contribution in [3.8, 4) is 16.9 Å². The van der Waals surface area contributed by atoms with Gasteiger partial charge in [0, 0.05) is 11.7 Å². The summed E-state index contributed by atoms with van der Waals surface area (Å²) < 4.78 is 22.1. The van der Waals surface area contributed by atoms with Crippen LogP contribution in [0.25, 0.3) is 11.1 Å². The van der Waals surface area contributed by atoms with Gasteiger partial charge in [-0.2, -0.15) is 0 Å². The Balaban J connectivity index is 1.17. The minimum absolute atomic E-state index is 0.0156. The summed E-state index contributed by atoms with van der Waals surface area (Å²) in [5.74, 6) is -1.76. The third-order valence-electron chi connectivity index (χ3n) is 11.0. The summed E-state index contributed by atoms with van der Waals surface area (Å²) in [6.45, 7) is 7.45. The number of nitrogens with one attached hydrogen (secondary N) is 2. The quantitative estimate of drug-likeness (QED) is 0.0492. The van der Waals surface area contributed by atoms with Gasteiger partial charge in [-0.1, -0.05) is 152 Å². The molecule has 0 radical (unpaired) electrons. The summed E-state index contributed by atoms with van der Waals surface area (Å²) in [5, 5.41) is 5.50. The van der Waals surface area contributed by atoms with Gasteiger partial charge in [0.1, 0.15) is 36.6 Å². The van der Waals surface area contributed by atoms with Gasteiger partial charge in [0.15, 0.2) is 0 Å². The molecule has 0 fully saturated rings. The zero-order valence-corrected chi connectivity index (χ0v) is 37.8. The number of thioether (sulfide) groups is 1. The van der Waals surface area contributed by atoms with Gasteiger partial charge in [-0.3, -0.25) is 9.59 Å². The topological polar surface area (TPSA) is 129 Å². The number of hydrogen-bond donors (Lipinski definition) is 2. The van der Waals surface area contributed by atoms with Crippen LogP contribution in [0.1, 0.15) is 73.4 Å². The standard InChI is InChI=1S/C54H54N2O8S/c1-5-61-41-31-29-37(30-32-41)34-62-51(59)48(36-65-54(38-19-9-6-10-20-38,39-21-11-7-12-22-39)40-23-13-8-14-24-40)55-50(58)47(33-49(57)64-53(2,3)4)56-52(60)63-35-46-44-27-17-15-25-42(44)43-26-16-18-28-45(43)46/h6-32,46-48H,5,33-36H2,1-4H3,(H,55,58)(H,56,60)/t47-,48-/m0/s1. The van der Waals surface area contributed by atoms with Gasteiger partial charge < -0.3 is 29.6 Å². The van der Waals surface area contributed by atoms with Gasteiger partial charge in [0.25, 0.3) is 0 Å². The van der Waals surface area contributed by atoms with Crippen molar-refractivity contribution >= 4 is 35.7 Å². The lowest BCUT2D eigenvalue weighted by atomic mass is 9.84. The highest BCUT2D eigenvalue weighted by Gasteiger charge is 2.40. The number of rotatable bonds is 18. The lowest BCUT2D eigenvalue weighted by molar-refractivity contribution is -0.156. The summed E-state index contributed by atoms with van der Waals surface area (Å²) >= 11 is 1.46. The van der Waals surface area contributed by atoms with E-state index in [2.05, 4.69) is 10.6 Å². The van der Waals surface area contributed by atoms with Crippen LogP contribution >= 0.6 is 11.8 Å². The van der Waals surface area contributed by atoms with Gasteiger partial charge in [-0.05, 0) is 84.3 Å². The maximum absolute atomic E-state index is 14.6. The Morgan fingerprint density at radius 1 is 0.615 bits per heavy atom. The average Bonchev–Trinajstić information content (AvgIpc) is 3.64. The molecule has 2 N–H and O–H groups in total. The zero-order valence-electron chi connectivity index (χ0n) is 37.0. The van der Waals surface area contributed by atoms with Gasteiger partial charge >= 0.3 is 18.0 Å². The minimum Gasteiger partial charge on any atom is -0.494 e. The first-order valence-electron chi connectivity index (χ1n) is 21.8. The Morgan fingerprint density at radius 2 is 1.12 bits per heavy atom. The molecule has 0 spiro atoms. The molecule has 0 unspecified atom stereocenters. The first-order chi connectivity index (χ1) is 31.4. The Bertz CT molecular complexity index is 2400. The molecular weight excluding hydrogens is 837 g/mol. The number of benzene rings is 6. The largest absolute Gasteiger partial charge is 0.494 e. The summed E-state index contributed by atoms with van der Waals surface area (Å²) in [7, 11) is 0. The molecule has 65 heavy (non-hydrogen) atoms. The summed E-state index contributed by atoms with van der Waals surface area (Å²) in [6, 6.07) is 50.3. The Kier molecular flexibility index (Phi) is 15.1. The van der Waals surface area contributed by atoms with Crippen LogP contribution in [0.3, 0.4) is 0 Å². The molecule has 0 saturated heterocycles. The monoisotopic (exact) mass is 890 g/mol. The molecule has 0 bridgehead atoms. The van der Waals surface area contributed by atoms with Crippen LogP contribution in [-0.2, 0) is 39.9 Å². The van der Waals surface area contributed by atoms with E-state index in [0.29, 0.717) is 17.9 Å². The van der Waals surface area contributed by atoms with Gasteiger partial charge in [-0.25, -0.2) is 9.59 Å². The van der Waals surface area contributed by atoms with Crippen LogP contribution in [0.2, 0.25) is 0 Å². The number of hydrogen-bond acceptors (Lipinski definition) is 9. The third-order valence-corrected chi connectivity index (χ3v) is 12.6. The van der Waals surface area contributed by atoms with Crippen LogP contribution in [-0.4, -0.2) is 60.6 Å². The fourth-order valence-corrected chi connectivity index (χ4v) is 9.61. The fourth-order valence-electron chi connectivity index (χ4n) is 8.06. The second kappa shape index (κ2) is 21.2. The SMILES string of the molecule is CCOc1ccc(COC(=O)[C@H](CSC(c2ccccc2)(c2ccccc2)c2ccccc2)NC(=O)[C@H](CC(=O)OC(C)(C)C)NC(=O)OCC2c3ccccc3-c3ccccc32)cc1. The number of alkyl carbamates (subject to hydrolysis) is 1. The third kappa shape index (κ3) is 11.5. The smallest absolute Gasteiger partial charge is 0.407 e. The molecule has 1 aliphatic rings. The van der Waals surface area contributed by atoms with Crippen molar-refractivity contribution in [1.82, 2.24) is 10.6 Å². The van der Waals surface area contributed by atoms with Crippen molar-refractivity contribution in [1.29, 1.82) is 0 Å². The van der Waals surface area contributed by atoms with E-state index in [4.69, 9.17) is 18.9 Å². The Labute approximate surface area is 385 Å². The summed E-state index contributed by atoms with van der Waals surface area (Å²) in [4.78, 5) is 56.0. The van der Waals surface area contributed by atoms with E-state index >= 15 is 0 Å². The second-order valence-corrected chi connectivity index (χ2v) is 17.9. The normalized spacial score (nSPS) is 13.0. The molecular formula is C54H54N2O8S. The van der Waals surface area contributed by atoms with Gasteiger partial charge in [-0.15, -0.1) is 11.8 Å². The van der Waals surface area contributed by atoms with E-state index in [1.807, 2.05) is 146 Å². The molecule has 7 rings (SSSR count). The van der Waals surface area contributed by atoms with Gasteiger partial charge in [0.05, 0.1) is 17.8 Å². The number of amides is 2. The van der Waals surface area contributed by atoms with Crippen molar-refractivity contribution in [2.75, 3.05) is 19.0 Å². The number of fused-ring (bicyclic) bond motifs is 3. The van der Waals surface area contributed by atoms with Crippen molar-refractivity contribution in [3.05, 3.63) is 197 Å². The lowest BCUT2D eigenvalue weighted by Crippen LogP contribution is -2.54. The van der Waals surface area contributed by atoms with Crippen LogP contribution in [0.4, 0.5) is 4.79 Å². The van der Waals surface area contributed by atoms with E-state index in [0.717, 1.165) is 38.9 Å². The van der Waals surface area contributed by atoms with E-state index < -0.39 is 52.8 Å². The predicted octanol–water partition coefficient (Wildman–Crippen LogP) is 9.98. The second-order valence-electron chi connectivity index (χ2n) is 16.6. The Hall–Kier alpha value is -6.85. The minimum atomic E-state index is -1.48. The summed E-state index contributed by atoms with van der Waals surface area (Å²) in [6.07, 6.45) is -1.44. The fraction of sp³-hybridized carbons (Fsp3) is 0.259. The first-order valence-corrected chi connectivity index (χ1v) is 22.8.